The van der Waals surface area contributed by atoms with Crippen LogP contribution in [0, 0.1) is 11.7 Å². The van der Waals surface area contributed by atoms with Crippen molar-refractivity contribution in [2.75, 3.05) is 5.75 Å². The second-order valence-corrected chi connectivity index (χ2v) is 15.2. The summed E-state index contributed by atoms with van der Waals surface area (Å²) < 4.78 is 47.0. The Morgan fingerprint density at radius 2 is 1.85 bits per heavy atom. The zero-order valence-corrected chi connectivity index (χ0v) is 24.5. The molecule has 1 saturated carbocycles. The van der Waals surface area contributed by atoms with Crippen LogP contribution < -0.4 is 0 Å². The molecule has 2 aromatic carbocycles. The lowest BCUT2D eigenvalue weighted by molar-refractivity contribution is -0.206. The number of benzene rings is 2. The molecule has 1 saturated heterocycles. The topological polar surface area (TPSA) is 101 Å². The van der Waals surface area contributed by atoms with Crippen LogP contribution in [0.25, 0.3) is 0 Å². The molecule has 1 amide bonds. The number of ether oxygens (including phenoxy) is 1. The van der Waals surface area contributed by atoms with Crippen molar-refractivity contribution in [3.8, 4) is 0 Å². The molecule has 1 aliphatic carbocycles. The number of hydrogen-bond donors (Lipinski definition) is 1. The van der Waals surface area contributed by atoms with E-state index < -0.39 is 62.5 Å². The first-order valence-electron chi connectivity index (χ1n) is 12.7. The van der Waals surface area contributed by atoms with E-state index in [1.165, 1.54) is 24.0 Å². The normalized spacial score (nSPS) is 25.0. The van der Waals surface area contributed by atoms with E-state index in [9.17, 15) is 27.5 Å². The minimum absolute atomic E-state index is 0.113. The van der Waals surface area contributed by atoms with E-state index in [1.807, 2.05) is 0 Å². The van der Waals surface area contributed by atoms with Gasteiger partial charge in [0.2, 0.25) is 0 Å². The molecule has 4 rings (SSSR count). The SMILES string of the molecule is CC(C)(C)S(=O)(=O)CC(C1CC1)N1C(=O)[C@](C)(CC(=O)O)O[C@H](c2cccc(Cl)c2)C1c1ccc(Cl)c(F)c1. The highest BCUT2D eigenvalue weighted by Crippen LogP contribution is 2.51. The van der Waals surface area contributed by atoms with Gasteiger partial charge in [-0.1, -0.05) is 41.4 Å². The van der Waals surface area contributed by atoms with Gasteiger partial charge in [-0.15, -0.1) is 0 Å². The fraction of sp³-hybridized carbons (Fsp3) is 0.500. The third-order valence-corrected chi connectivity index (χ3v) is 10.6. The maximum Gasteiger partial charge on any atom is 0.306 e. The number of amides is 1. The first-order valence-corrected chi connectivity index (χ1v) is 15.1. The fourth-order valence-electron chi connectivity index (χ4n) is 5.07. The molecule has 1 heterocycles. The van der Waals surface area contributed by atoms with Gasteiger partial charge in [-0.05, 0) is 81.8 Å². The zero-order chi connectivity index (χ0) is 28.9. The minimum Gasteiger partial charge on any atom is -0.481 e. The number of carbonyl (C=O) groups excluding carboxylic acids is 1. The van der Waals surface area contributed by atoms with Gasteiger partial charge in [0.05, 0.1) is 28.0 Å². The van der Waals surface area contributed by atoms with E-state index in [4.69, 9.17) is 27.9 Å². The molecule has 39 heavy (non-hydrogen) atoms. The summed E-state index contributed by atoms with van der Waals surface area (Å²) >= 11 is 12.3. The Morgan fingerprint density at radius 3 is 2.38 bits per heavy atom. The molecule has 0 radical (unpaired) electrons. The third-order valence-electron chi connectivity index (χ3n) is 7.46. The molecule has 0 spiro atoms. The Hall–Kier alpha value is -2.20. The number of hydrogen-bond acceptors (Lipinski definition) is 5. The van der Waals surface area contributed by atoms with Crippen LogP contribution >= 0.6 is 23.2 Å². The third kappa shape index (κ3) is 6.11. The zero-order valence-electron chi connectivity index (χ0n) is 22.2. The van der Waals surface area contributed by atoms with Crippen LogP contribution in [0.1, 0.15) is 70.2 Å². The van der Waals surface area contributed by atoms with Crippen molar-refractivity contribution < 1.29 is 32.2 Å². The molecule has 2 aliphatic rings. The maximum atomic E-state index is 14.8. The van der Waals surface area contributed by atoms with Gasteiger partial charge >= 0.3 is 5.97 Å². The van der Waals surface area contributed by atoms with Crippen LogP contribution in [0.2, 0.25) is 10.0 Å². The fourth-order valence-corrected chi connectivity index (χ4v) is 6.77. The van der Waals surface area contributed by atoms with E-state index in [0.29, 0.717) is 29.0 Å². The van der Waals surface area contributed by atoms with E-state index in [0.717, 1.165) is 0 Å². The average Bonchev–Trinajstić information content (AvgIpc) is 3.65. The summed E-state index contributed by atoms with van der Waals surface area (Å²) in [4.78, 5) is 27.6. The van der Waals surface area contributed by atoms with Gasteiger partial charge in [0, 0.05) is 11.1 Å². The summed E-state index contributed by atoms with van der Waals surface area (Å²) in [5.41, 5.74) is -0.949. The highest BCUT2D eigenvalue weighted by molar-refractivity contribution is 7.92. The Kier molecular flexibility index (Phi) is 8.13. The van der Waals surface area contributed by atoms with Gasteiger partial charge in [-0.3, -0.25) is 9.59 Å². The molecule has 0 aromatic heterocycles. The number of aliphatic carboxylic acids is 1. The largest absolute Gasteiger partial charge is 0.481 e. The van der Waals surface area contributed by atoms with Crippen molar-refractivity contribution >= 4 is 44.9 Å². The Labute approximate surface area is 238 Å². The van der Waals surface area contributed by atoms with Crippen molar-refractivity contribution in [1.82, 2.24) is 4.90 Å². The second kappa shape index (κ2) is 10.7. The first-order chi connectivity index (χ1) is 18.0. The number of rotatable bonds is 8. The van der Waals surface area contributed by atoms with Crippen LogP contribution in [-0.4, -0.2) is 52.4 Å². The standard InChI is InChI=1S/C28H32Cl2FNO6S/c1-27(2,3)39(36,37)15-22(16-8-9-16)32-24(17-10-11-20(30)21(31)13-17)25(18-6-5-7-19(29)12-18)38-28(4,26(32)35)14-23(33)34/h5-7,10-13,16,22,24-25H,8-9,14-15H2,1-4H3,(H,33,34)/t22?,24?,25-,28+/m1/s1. The summed E-state index contributed by atoms with van der Waals surface area (Å²) in [6.07, 6.45) is -0.225. The number of halogens is 3. The number of carboxylic acids is 1. The van der Waals surface area contributed by atoms with Crippen molar-refractivity contribution in [3.05, 3.63) is 69.5 Å². The minimum atomic E-state index is -3.71. The molecule has 11 heteroatoms. The maximum absolute atomic E-state index is 14.8. The first kappa shape index (κ1) is 29.8. The van der Waals surface area contributed by atoms with Gasteiger partial charge in [0.15, 0.2) is 15.4 Å². The highest BCUT2D eigenvalue weighted by Gasteiger charge is 2.56. The molecule has 1 aliphatic heterocycles. The Balaban J connectivity index is 1.97. The van der Waals surface area contributed by atoms with Crippen LogP contribution in [-0.2, 0) is 24.2 Å². The molecular weight excluding hydrogens is 568 g/mol. The number of carboxylic acid groups (broad SMARTS) is 1. The lowest BCUT2D eigenvalue weighted by atomic mass is 9.85. The van der Waals surface area contributed by atoms with E-state index in [2.05, 4.69) is 0 Å². The van der Waals surface area contributed by atoms with Crippen molar-refractivity contribution in [2.45, 2.75) is 75.5 Å². The molecule has 1 N–H and O–H groups in total. The van der Waals surface area contributed by atoms with Gasteiger partial charge in [-0.25, -0.2) is 12.8 Å². The second-order valence-electron chi connectivity index (χ2n) is 11.5. The van der Waals surface area contributed by atoms with Crippen molar-refractivity contribution in [1.29, 1.82) is 0 Å². The molecule has 212 valence electrons. The summed E-state index contributed by atoms with van der Waals surface area (Å²) in [5.74, 6) is -3.08. The van der Waals surface area contributed by atoms with E-state index in [1.54, 1.807) is 51.1 Å². The van der Waals surface area contributed by atoms with Crippen LogP contribution in [0.4, 0.5) is 4.39 Å². The monoisotopic (exact) mass is 599 g/mol. The summed E-state index contributed by atoms with van der Waals surface area (Å²) in [5, 5.41) is 9.98. The number of nitrogens with zero attached hydrogens (tertiary/aromatic N) is 1. The molecular formula is C28H32Cl2FNO6S. The van der Waals surface area contributed by atoms with Crippen molar-refractivity contribution in [2.24, 2.45) is 5.92 Å². The predicted octanol–water partition coefficient (Wildman–Crippen LogP) is 6.00. The summed E-state index contributed by atoms with van der Waals surface area (Å²) in [7, 11) is -3.71. The molecule has 7 nitrogen and oxygen atoms in total. The van der Waals surface area contributed by atoms with Crippen LogP contribution in [0.15, 0.2) is 42.5 Å². The summed E-state index contributed by atoms with van der Waals surface area (Å²) in [6.45, 7) is 6.20. The van der Waals surface area contributed by atoms with Crippen LogP contribution in [0.5, 0.6) is 0 Å². The molecule has 0 bridgehead atoms. The van der Waals surface area contributed by atoms with Gasteiger partial charge in [-0.2, -0.15) is 0 Å². The number of carbonyl (C=O) groups is 2. The van der Waals surface area contributed by atoms with E-state index >= 15 is 0 Å². The number of morpholine rings is 1. The molecule has 4 atom stereocenters. The van der Waals surface area contributed by atoms with Crippen molar-refractivity contribution in [3.63, 3.8) is 0 Å². The number of sulfone groups is 1. The Morgan fingerprint density at radius 1 is 1.18 bits per heavy atom. The lowest BCUT2D eigenvalue weighted by Crippen LogP contribution is -2.62. The lowest BCUT2D eigenvalue weighted by Gasteiger charge is -2.52. The van der Waals surface area contributed by atoms with Gasteiger partial charge < -0.3 is 14.7 Å². The molecule has 2 unspecified atom stereocenters. The summed E-state index contributed by atoms with van der Waals surface area (Å²) in [6, 6.07) is 9.09. The predicted molar refractivity (Wildman–Crippen MR) is 147 cm³/mol. The smallest absolute Gasteiger partial charge is 0.306 e. The van der Waals surface area contributed by atoms with Gasteiger partial charge in [0.1, 0.15) is 11.9 Å². The average molecular weight is 601 g/mol. The Bertz CT molecular complexity index is 1390. The quantitative estimate of drug-likeness (QED) is 0.399. The van der Waals surface area contributed by atoms with Gasteiger partial charge in [0.25, 0.3) is 5.91 Å². The van der Waals surface area contributed by atoms with E-state index in [-0.39, 0.29) is 16.7 Å². The molecule has 2 fully saturated rings. The van der Waals surface area contributed by atoms with Crippen LogP contribution in [0.3, 0.4) is 0 Å². The molecule has 2 aromatic rings. The highest BCUT2D eigenvalue weighted by atomic mass is 35.5.